The van der Waals surface area contributed by atoms with Crippen LogP contribution in [0, 0.1) is 0 Å². The van der Waals surface area contributed by atoms with Crippen LogP contribution in [-0.4, -0.2) is 37.9 Å². The van der Waals surface area contributed by atoms with Gasteiger partial charge in [-0.3, -0.25) is 4.79 Å². The summed E-state index contributed by atoms with van der Waals surface area (Å²) in [6.07, 6.45) is 1.32. The van der Waals surface area contributed by atoms with Crippen molar-refractivity contribution >= 4 is 5.97 Å². The molecule has 1 atom stereocenters. The van der Waals surface area contributed by atoms with Crippen LogP contribution in [0.25, 0.3) is 0 Å². The summed E-state index contributed by atoms with van der Waals surface area (Å²) >= 11 is 0. The highest BCUT2D eigenvalue weighted by Gasteiger charge is 2.18. The van der Waals surface area contributed by atoms with Crippen LogP contribution in [-0.2, 0) is 4.79 Å². The number of benzene rings is 1. The van der Waals surface area contributed by atoms with E-state index in [9.17, 15) is 4.79 Å². The molecule has 0 spiro atoms. The molecule has 1 unspecified atom stereocenters. The summed E-state index contributed by atoms with van der Waals surface area (Å²) in [6.45, 7) is 2.49. The molecule has 0 saturated heterocycles. The highest BCUT2D eigenvalue weighted by Crippen LogP contribution is 2.23. The Morgan fingerprint density at radius 1 is 1.42 bits per heavy atom. The maximum atomic E-state index is 10.9. The number of aromatic nitrogens is 4. The number of rotatable bonds is 6. The molecule has 100 valence electrons. The van der Waals surface area contributed by atoms with E-state index in [1.165, 1.54) is 11.0 Å². The molecule has 7 heteroatoms. The van der Waals surface area contributed by atoms with Gasteiger partial charge in [-0.1, -0.05) is 12.1 Å². The van der Waals surface area contributed by atoms with E-state index in [0.29, 0.717) is 6.61 Å². The second-order valence-electron chi connectivity index (χ2n) is 3.91. The van der Waals surface area contributed by atoms with Crippen LogP contribution in [0.2, 0.25) is 0 Å². The number of carboxylic acid groups (broad SMARTS) is 1. The van der Waals surface area contributed by atoms with Crippen LogP contribution in [0.3, 0.4) is 0 Å². The minimum absolute atomic E-state index is 0.0843. The van der Waals surface area contributed by atoms with Gasteiger partial charge in [-0.25, -0.2) is 4.68 Å². The Morgan fingerprint density at radius 2 is 2.16 bits per heavy atom. The predicted octanol–water partition coefficient (Wildman–Crippen LogP) is 1.14. The van der Waals surface area contributed by atoms with Crippen molar-refractivity contribution in [3.63, 3.8) is 0 Å². The molecule has 1 N–H and O–H groups in total. The number of aliphatic carboxylic acids is 1. The van der Waals surface area contributed by atoms with Gasteiger partial charge in [-0.15, -0.1) is 5.10 Å². The molecule has 0 radical (unpaired) electrons. The van der Waals surface area contributed by atoms with E-state index in [2.05, 4.69) is 15.5 Å². The standard InChI is InChI=1S/C12H14N4O3/c1-2-19-10-5-3-9(4-6-10)11(7-12(17)18)16-8-13-14-15-16/h3-6,8,11H,2,7H2,1H3,(H,17,18). The average Bonchev–Trinajstić information content (AvgIpc) is 2.91. The minimum Gasteiger partial charge on any atom is -0.494 e. The summed E-state index contributed by atoms with van der Waals surface area (Å²) in [5.74, 6) is -0.161. The number of hydrogen-bond donors (Lipinski definition) is 1. The van der Waals surface area contributed by atoms with Crippen LogP contribution >= 0.6 is 0 Å². The number of hydrogen-bond acceptors (Lipinski definition) is 5. The Labute approximate surface area is 109 Å². The Hall–Kier alpha value is -2.44. The number of carboxylic acids is 1. The van der Waals surface area contributed by atoms with Crippen molar-refractivity contribution < 1.29 is 14.6 Å². The molecular formula is C12H14N4O3. The minimum atomic E-state index is -0.908. The van der Waals surface area contributed by atoms with Crippen molar-refractivity contribution in [2.75, 3.05) is 6.61 Å². The van der Waals surface area contributed by atoms with Gasteiger partial charge in [0.25, 0.3) is 0 Å². The largest absolute Gasteiger partial charge is 0.494 e. The zero-order valence-electron chi connectivity index (χ0n) is 10.4. The molecule has 0 amide bonds. The van der Waals surface area contributed by atoms with Crippen molar-refractivity contribution in [3.8, 4) is 5.75 Å². The van der Waals surface area contributed by atoms with Gasteiger partial charge in [-0.05, 0) is 35.0 Å². The summed E-state index contributed by atoms with van der Waals surface area (Å²) in [5, 5.41) is 19.8. The molecule has 7 nitrogen and oxygen atoms in total. The number of tetrazole rings is 1. The topological polar surface area (TPSA) is 90.1 Å². The van der Waals surface area contributed by atoms with E-state index in [1.807, 2.05) is 19.1 Å². The van der Waals surface area contributed by atoms with E-state index in [-0.39, 0.29) is 6.42 Å². The Balaban J connectivity index is 2.25. The maximum absolute atomic E-state index is 10.9. The van der Waals surface area contributed by atoms with Crippen LogP contribution in [0.15, 0.2) is 30.6 Å². The van der Waals surface area contributed by atoms with Crippen molar-refractivity contribution in [1.82, 2.24) is 20.2 Å². The molecule has 2 rings (SSSR count). The van der Waals surface area contributed by atoms with E-state index >= 15 is 0 Å². The number of carbonyl (C=O) groups is 1. The third-order valence-corrected chi connectivity index (χ3v) is 2.63. The molecule has 0 bridgehead atoms. The lowest BCUT2D eigenvalue weighted by Crippen LogP contribution is -2.15. The molecule has 2 aromatic rings. The summed E-state index contributed by atoms with van der Waals surface area (Å²) in [7, 11) is 0. The van der Waals surface area contributed by atoms with Gasteiger partial charge in [-0.2, -0.15) is 0 Å². The van der Waals surface area contributed by atoms with Gasteiger partial charge in [0.15, 0.2) is 0 Å². The Bertz CT molecular complexity index is 524. The monoisotopic (exact) mass is 262 g/mol. The summed E-state index contributed by atoms with van der Waals surface area (Å²) < 4.78 is 6.78. The zero-order chi connectivity index (χ0) is 13.7. The molecule has 0 aliphatic rings. The van der Waals surface area contributed by atoms with Crippen LogP contribution in [0.1, 0.15) is 24.9 Å². The van der Waals surface area contributed by atoms with E-state index in [1.54, 1.807) is 12.1 Å². The van der Waals surface area contributed by atoms with Gasteiger partial charge in [0.2, 0.25) is 0 Å². The summed E-state index contributed by atoms with van der Waals surface area (Å²) in [5.41, 5.74) is 0.818. The van der Waals surface area contributed by atoms with Crippen LogP contribution in [0.4, 0.5) is 0 Å². The first-order valence-corrected chi connectivity index (χ1v) is 5.87. The molecule has 0 saturated carbocycles. The third-order valence-electron chi connectivity index (χ3n) is 2.63. The first-order valence-electron chi connectivity index (χ1n) is 5.87. The fraction of sp³-hybridized carbons (Fsp3) is 0.333. The average molecular weight is 262 g/mol. The SMILES string of the molecule is CCOc1ccc(C(CC(=O)O)n2cnnn2)cc1. The summed E-state index contributed by atoms with van der Waals surface area (Å²) in [6, 6.07) is 6.82. The highest BCUT2D eigenvalue weighted by atomic mass is 16.5. The first-order chi connectivity index (χ1) is 9.20. The number of ether oxygens (including phenoxy) is 1. The highest BCUT2D eigenvalue weighted by molar-refractivity contribution is 5.68. The van der Waals surface area contributed by atoms with Crippen molar-refractivity contribution in [2.24, 2.45) is 0 Å². The lowest BCUT2D eigenvalue weighted by molar-refractivity contribution is -0.137. The van der Waals surface area contributed by atoms with E-state index in [4.69, 9.17) is 9.84 Å². The molecular weight excluding hydrogens is 248 g/mol. The quantitative estimate of drug-likeness (QED) is 0.839. The normalized spacial score (nSPS) is 12.1. The van der Waals surface area contributed by atoms with Gasteiger partial charge in [0.1, 0.15) is 12.1 Å². The van der Waals surface area contributed by atoms with E-state index < -0.39 is 12.0 Å². The molecule has 0 aliphatic heterocycles. The fourth-order valence-corrected chi connectivity index (χ4v) is 1.79. The molecule has 1 aromatic carbocycles. The van der Waals surface area contributed by atoms with E-state index in [0.717, 1.165) is 11.3 Å². The number of nitrogens with zero attached hydrogens (tertiary/aromatic N) is 4. The van der Waals surface area contributed by atoms with Crippen molar-refractivity contribution in [2.45, 2.75) is 19.4 Å². The van der Waals surface area contributed by atoms with Gasteiger partial charge < -0.3 is 9.84 Å². The summed E-state index contributed by atoms with van der Waals surface area (Å²) in [4.78, 5) is 10.9. The van der Waals surface area contributed by atoms with Gasteiger partial charge >= 0.3 is 5.97 Å². The second-order valence-corrected chi connectivity index (χ2v) is 3.91. The predicted molar refractivity (Wildman–Crippen MR) is 65.8 cm³/mol. The second kappa shape index (κ2) is 5.94. The van der Waals surface area contributed by atoms with Crippen molar-refractivity contribution in [1.29, 1.82) is 0 Å². The lowest BCUT2D eigenvalue weighted by atomic mass is 10.0. The van der Waals surface area contributed by atoms with Gasteiger partial charge in [0.05, 0.1) is 19.1 Å². The van der Waals surface area contributed by atoms with Crippen LogP contribution in [0.5, 0.6) is 5.75 Å². The van der Waals surface area contributed by atoms with Crippen molar-refractivity contribution in [3.05, 3.63) is 36.2 Å². The lowest BCUT2D eigenvalue weighted by Gasteiger charge is -2.15. The fourth-order valence-electron chi connectivity index (χ4n) is 1.79. The smallest absolute Gasteiger partial charge is 0.305 e. The molecule has 1 heterocycles. The molecule has 0 fully saturated rings. The zero-order valence-corrected chi connectivity index (χ0v) is 10.4. The molecule has 19 heavy (non-hydrogen) atoms. The maximum Gasteiger partial charge on any atom is 0.305 e. The first kappa shape index (κ1) is 13.0. The Morgan fingerprint density at radius 3 is 2.68 bits per heavy atom. The molecule has 1 aromatic heterocycles. The molecule has 0 aliphatic carbocycles. The Kier molecular flexibility index (Phi) is 4.07. The van der Waals surface area contributed by atoms with Gasteiger partial charge in [0, 0.05) is 0 Å². The third kappa shape index (κ3) is 3.27. The van der Waals surface area contributed by atoms with Crippen LogP contribution < -0.4 is 4.74 Å².